The van der Waals surface area contributed by atoms with E-state index >= 15 is 0 Å². The van der Waals surface area contributed by atoms with Gasteiger partial charge in [-0.2, -0.15) is 0 Å². The molecule has 5 nitrogen and oxygen atoms in total. The topological polar surface area (TPSA) is 74.7 Å². The lowest BCUT2D eigenvalue weighted by atomic mass is 9.66. The summed E-state index contributed by atoms with van der Waals surface area (Å²) in [6.07, 6.45) is 0. The number of carboxylic acids is 1. The van der Waals surface area contributed by atoms with Crippen molar-refractivity contribution in [1.82, 2.24) is 4.90 Å². The Labute approximate surface area is 188 Å². The Kier molecular flexibility index (Phi) is 4.83. The second-order valence-corrected chi connectivity index (χ2v) is 13.4. The van der Waals surface area contributed by atoms with E-state index in [0.29, 0.717) is 0 Å². The lowest BCUT2D eigenvalue weighted by molar-refractivity contribution is -0.169. The minimum Gasteiger partial charge on any atom is -0.479 e. The highest BCUT2D eigenvalue weighted by Crippen LogP contribution is 2.63. The van der Waals surface area contributed by atoms with Crippen LogP contribution < -0.4 is 0 Å². The Morgan fingerprint density at radius 2 is 1.48 bits per heavy atom. The molecule has 3 atom stereocenters. The fraction of sp³-hybridized carbons (Fsp3) is 0.333. The standard InChI is InChI=1S/C21H19Br2NO4S/c1-19(2)20(18(26)27,24-16(25)21(22,23)17(24)29(19)28)15(13-9-5-3-6-10-13)14-11-7-4-8-12-14/h3-12,15,17H,1-2H3,(H,26,27)/t17-,20+,29?/m1/s1. The van der Waals surface area contributed by atoms with Gasteiger partial charge < -0.3 is 10.0 Å². The van der Waals surface area contributed by atoms with Gasteiger partial charge in [0.25, 0.3) is 5.91 Å². The Morgan fingerprint density at radius 1 is 1.03 bits per heavy atom. The molecule has 2 fully saturated rings. The minimum atomic E-state index is -1.73. The third-order valence-electron chi connectivity index (χ3n) is 6.06. The summed E-state index contributed by atoms with van der Waals surface area (Å²) in [5, 5.41) is 9.87. The molecular formula is C21H19Br2NO4S. The van der Waals surface area contributed by atoms with Gasteiger partial charge in [-0.15, -0.1) is 0 Å². The number of alkyl halides is 2. The van der Waals surface area contributed by atoms with Crippen LogP contribution in [0.5, 0.6) is 0 Å². The largest absolute Gasteiger partial charge is 0.479 e. The molecule has 2 aromatic rings. The van der Waals surface area contributed by atoms with E-state index < -0.39 is 47.5 Å². The molecule has 0 saturated carbocycles. The van der Waals surface area contributed by atoms with Crippen molar-refractivity contribution in [1.29, 1.82) is 0 Å². The molecule has 1 N–H and O–H groups in total. The van der Waals surface area contributed by atoms with Crippen LogP contribution in [0.4, 0.5) is 0 Å². The molecular weight excluding hydrogens is 522 g/mol. The number of β-lactam (4-membered cyclic amide) rings is 1. The predicted octanol–water partition coefficient (Wildman–Crippen LogP) is 3.84. The average molecular weight is 541 g/mol. The van der Waals surface area contributed by atoms with Crippen molar-refractivity contribution in [2.45, 2.75) is 38.7 Å². The highest BCUT2D eigenvalue weighted by molar-refractivity contribution is 9.26. The number of hydrogen-bond acceptors (Lipinski definition) is 3. The number of carbonyl (C=O) groups excluding carboxylic acids is 1. The summed E-state index contributed by atoms with van der Waals surface area (Å²) in [4.78, 5) is 27.5. The normalized spacial score (nSPS) is 29.4. The smallest absolute Gasteiger partial charge is 0.332 e. The van der Waals surface area contributed by atoms with Crippen LogP contribution in [0.15, 0.2) is 60.7 Å². The summed E-state index contributed by atoms with van der Waals surface area (Å²) in [5.41, 5.74) is -0.226. The second kappa shape index (κ2) is 6.75. The maximum absolute atomic E-state index is 13.5. The van der Waals surface area contributed by atoms with Crippen LogP contribution in [0.25, 0.3) is 0 Å². The Bertz CT molecular complexity index is 972. The van der Waals surface area contributed by atoms with Gasteiger partial charge in [0, 0.05) is 5.92 Å². The van der Waals surface area contributed by atoms with Crippen LogP contribution in [0.3, 0.4) is 0 Å². The number of rotatable bonds is 4. The van der Waals surface area contributed by atoms with Crippen molar-refractivity contribution >= 4 is 54.5 Å². The Hall–Kier alpha value is -1.51. The van der Waals surface area contributed by atoms with E-state index in [9.17, 15) is 18.9 Å². The van der Waals surface area contributed by atoms with E-state index in [1.54, 1.807) is 13.8 Å². The van der Waals surface area contributed by atoms with E-state index in [1.807, 2.05) is 60.7 Å². The van der Waals surface area contributed by atoms with Crippen molar-refractivity contribution in [3.63, 3.8) is 0 Å². The van der Waals surface area contributed by atoms with E-state index in [1.165, 1.54) is 4.90 Å². The number of nitrogens with zero attached hydrogens (tertiary/aromatic N) is 1. The summed E-state index contributed by atoms with van der Waals surface area (Å²) < 4.78 is 11.1. The maximum Gasteiger partial charge on any atom is 0.332 e. The van der Waals surface area contributed by atoms with Gasteiger partial charge in [-0.1, -0.05) is 92.5 Å². The first-order chi connectivity index (χ1) is 13.6. The van der Waals surface area contributed by atoms with Crippen LogP contribution in [0.1, 0.15) is 30.9 Å². The summed E-state index contributed by atoms with van der Waals surface area (Å²) in [6.45, 7) is 3.36. The van der Waals surface area contributed by atoms with Gasteiger partial charge in [-0.25, -0.2) is 4.79 Å². The second-order valence-electron chi connectivity index (χ2n) is 7.78. The van der Waals surface area contributed by atoms with Gasteiger partial charge in [0.1, 0.15) is 5.37 Å². The van der Waals surface area contributed by atoms with Crippen molar-refractivity contribution in [3.05, 3.63) is 71.8 Å². The van der Waals surface area contributed by atoms with Gasteiger partial charge in [-0.3, -0.25) is 9.00 Å². The molecule has 8 heteroatoms. The van der Waals surface area contributed by atoms with Crippen molar-refractivity contribution in [2.75, 3.05) is 0 Å². The highest BCUT2D eigenvalue weighted by Gasteiger charge is 2.82. The maximum atomic E-state index is 13.5. The summed E-state index contributed by atoms with van der Waals surface area (Å²) in [5.74, 6) is -2.30. The predicted molar refractivity (Wildman–Crippen MR) is 119 cm³/mol. The highest BCUT2D eigenvalue weighted by atomic mass is 79.9. The number of carboxylic acid groups (broad SMARTS) is 1. The summed E-state index contributed by atoms with van der Waals surface area (Å²) in [6, 6.07) is 18.5. The van der Waals surface area contributed by atoms with E-state index in [0.717, 1.165) is 11.1 Å². The zero-order valence-electron chi connectivity index (χ0n) is 15.7. The number of hydrogen-bond donors (Lipinski definition) is 1. The van der Waals surface area contributed by atoms with Crippen molar-refractivity contribution < 1.29 is 18.9 Å². The third kappa shape index (κ3) is 2.51. The molecule has 2 saturated heterocycles. The van der Waals surface area contributed by atoms with Gasteiger partial charge in [0.15, 0.2) is 8.77 Å². The quantitative estimate of drug-likeness (QED) is 0.472. The molecule has 1 amide bonds. The van der Waals surface area contributed by atoms with Crippen LogP contribution in [0.2, 0.25) is 0 Å². The first-order valence-corrected chi connectivity index (χ1v) is 11.8. The summed E-state index contributed by atoms with van der Waals surface area (Å²) >= 11 is 6.66. The zero-order chi connectivity index (χ0) is 21.2. The number of benzene rings is 2. The van der Waals surface area contributed by atoms with Gasteiger partial charge in [0.05, 0.1) is 15.5 Å². The summed E-state index contributed by atoms with van der Waals surface area (Å²) in [7, 11) is -1.64. The minimum absolute atomic E-state index is 0.430. The molecule has 2 aromatic carbocycles. The fourth-order valence-electron chi connectivity index (χ4n) is 4.70. The zero-order valence-corrected chi connectivity index (χ0v) is 19.7. The molecule has 1 unspecified atom stereocenters. The molecule has 2 aliphatic heterocycles. The van der Waals surface area contributed by atoms with E-state index in [-0.39, 0.29) is 0 Å². The molecule has 0 spiro atoms. The monoisotopic (exact) mass is 539 g/mol. The van der Waals surface area contributed by atoms with Crippen molar-refractivity contribution in [3.8, 4) is 0 Å². The van der Waals surface area contributed by atoms with Crippen molar-refractivity contribution in [2.24, 2.45) is 0 Å². The first kappa shape index (κ1) is 20.8. The number of fused-ring (bicyclic) bond motifs is 1. The lowest BCUT2D eigenvalue weighted by Crippen LogP contribution is -2.76. The number of aliphatic carboxylic acids is 1. The van der Waals surface area contributed by atoms with Crippen LogP contribution >= 0.6 is 31.9 Å². The molecule has 0 aromatic heterocycles. The van der Waals surface area contributed by atoms with Crippen LogP contribution in [0, 0.1) is 0 Å². The van der Waals surface area contributed by atoms with Crippen LogP contribution in [-0.2, 0) is 20.4 Å². The fourth-order valence-corrected chi connectivity index (χ4v) is 8.50. The molecule has 29 heavy (non-hydrogen) atoms. The Balaban J connectivity index is 2.06. The molecule has 0 radical (unpaired) electrons. The number of halogens is 2. The first-order valence-electron chi connectivity index (χ1n) is 9.05. The Morgan fingerprint density at radius 3 is 1.90 bits per heavy atom. The third-order valence-corrected chi connectivity index (χ3v) is 10.5. The van der Waals surface area contributed by atoms with E-state index in [2.05, 4.69) is 31.9 Å². The molecule has 0 aliphatic carbocycles. The molecule has 2 aliphatic rings. The van der Waals surface area contributed by atoms with Gasteiger partial charge >= 0.3 is 5.97 Å². The molecule has 4 rings (SSSR count). The van der Waals surface area contributed by atoms with Gasteiger partial charge in [0.2, 0.25) is 0 Å². The average Bonchev–Trinajstić information content (AvgIpc) is 2.87. The number of carbonyl (C=O) groups is 2. The van der Waals surface area contributed by atoms with Crippen LogP contribution in [-0.4, -0.2) is 45.0 Å². The SMILES string of the molecule is CC1(C)S(=O)[C@H]2N(C(=O)C2(Br)Br)[C@]1(C(=O)O)C(c1ccccc1)c1ccccc1. The molecule has 0 bridgehead atoms. The number of amides is 1. The molecule has 152 valence electrons. The van der Waals surface area contributed by atoms with Gasteiger partial charge in [-0.05, 0) is 25.0 Å². The molecule has 2 heterocycles. The van der Waals surface area contributed by atoms with E-state index in [4.69, 9.17) is 0 Å². The lowest BCUT2D eigenvalue weighted by Gasteiger charge is -2.54.